The van der Waals surface area contributed by atoms with Crippen molar-refractivity contribution in [1.82, 2.24) is 5.32 Å². The Balaban J connectivity index is 2.71. The lowest BCUT2D eigenvalue weighted by atomic mass is 9.97. The standard InChI is InChI=1S/C16H24F3N/c1-4-20-15(7-5-6-12(2)3)13-8-10-14(11-9-13)16(17,18)19/h8-12,15,20H,4-7H2,1-3H3. The molecule has 0 aliphatic heterocycles. The molecule has 0 radical (unpaired) electrons. The van der Waals surface area contributed by atoms with Crippen molar-refractivity contribution in [2.75, 3.05) is 6.54 Å². The first-order valence-corrected chi connectivity index (χ1v) is 7.25. The van der Waals surface area contributed by atoms with Crippen LogP contribution in [0.1, 0.15) is 57.2 Å². The fraction of sp³-hybridized carbons (Fsp3) is 0.625. The zero-order valence-corrected chi connectivity index (χ0v) is 12.4. The molecule has 0 fully saturated rings. The van der Waals surface area contributed by atoms with Crippen LogP contribution in [0.4, 0.5) is 13.2 Å². The van der Waals surface area contributed by atoms with Crippen molar-refractivity contribution < 1.29 is 13.2 Å². The maximum Gasteiger partial charge on any atom is 0.416 e. The lowest BCUT2D eigenvalue weighted by Gasteiger charge is -2.19. The van der Waals surface area contributed by atoms with Crippen LogP contribution in [0.2, 0.25) is 0 Å². The fourth-order valence-electron chi connectivity index (χ4n) is 2.27. The Labute approximate surface area is 119 Å². The molecule has 1 aromatic carbocycles. The van der Waals surface area contributed by atoms with Crippen molar-refractivity contribution >= 4 is 0 Å². The van der Waals surface area contributed by atoms with Crippen LogP contribution < -0.4 is 5.32 Å². The number of hydrogen-bond acceptors (Lipinski definition) is 1. The smallest absolute Gasteiger partial charge is 0.310 e. The topological polar surface area (TPSA) is 12.0 Å². The second-order valence-electron chi connectivity index (χ2n) is 5.55. The molecule has 1 rings (SSSR count). The minimum Gasteiger partial charge on any atom is -0.310 e. The van der Waals surface area contributed by atoms with E-state index in [0.29, 0.717) is 5.92 Å². The molecule has 0 bridgehead atoms. The Kier molecular flexibility index (Phi) is 6.53. The number of hydrogen-bond donors (Lipinski definition) is 1. The zero-order chi connectivity index (χ0) is 15.2. The van der Waals surface area contributed by atoms with Gasteiger partial charge in [0.25, 0.3) is 0 Å². The Bertz CT molecular complexity index is 382. The molecule has 0 aromatic heterocycles. The van der Waals surface area contributed by atoms with Gasteiger partial charge in [-0.3, -0.25) is 0 Å². The van der Waals surface area contributed by atoms with E-state index in [1.807, 2.05) is 6.92 Å². The summed E-state index contributed by atoms with van der Waals surface area (Å²) in [5, 5.41) is 3.35. The summed E-state index contributed by atoms with van der Waals surface area (Å²) in [6.07, 6.45) is -1.08. The van der Waals surface area contributed by atoms with Crippen LogP contribution in [-0.4, -0.2) is 6.54 Å². The lowest BCUT2D eigenvalue weighted by molar-refractivity contribution is -0.137. The molecule has 0 aliphatic carbocycles. The van der Waals surface area contributed by atoms with Crippen molar-refractivity contribution in [3.05, 3.63) is 35.4 Å². The normalized spacial score (nSPS) is 13.8. The Hall–Kier alpha value is -1.03. The van der Waals surface area contributed by atoms with Gasteiger partial charge in [0.15, 0.2) is 0 Å². The second-order valence-corrected chi connectivity index (χ2v) is 5.55. The Morgan fingerprint density at radius 3 is 2.10 bits per heavy atom. The number of alkyl halides is 3. The van der Waals surface area contributed by atoms with Gasteiger partial charge in [0.1, 0.15) is 0 Å². The molecule has 1 atom stereocenters. The molecule has 0 saturated heterocycles. The molecule has 114 valence electrons. The van der Waals surface area contributed by atoms with Crippen LogP contribution in [0, 0.1) is 5.92 Å². The van der Waals surface area contributed by atoms with Crippen molar-refractivity contribution in [1.29, 1.82) is 0 Å². The highest BCUT2D eigenvalue weighted by molar-refractivity contribution is 5.26. The minimum absolute atomic E-state index is 0.140. The third-order valence-electron chi connectivity index (χ3n) is 3.37. The van der Waals surface area contributed by atoms with Gasteiger partial charge in [0.05, 0.1) is 5.56 Å². The van der Waals surface area contributed by atoms with Crippen molar-refractivity contribution in [3.8, 4) is 0 Å². The van der Waals surface area contributed by atoms with Gasteiger partial charge in [-0.15, -0.1) is 0 Å². The van der Waals surface area contributed by atoms with Crippen LogP contribution in [0.3, 0.4) is 0 Å². The summed E-state index contributed by atoms with van der Waals surface area (Å²) in [5.74, 6) is 0.657. The molecular formula is C16H24F3N. The van der Waals surface area contributed by atoms with E-state index in [2.05, 4.69) is 19.2 Å². The monoisotopic (exact) mass is 287 g/mol. The van der Waals surface area contributed by atoms with Gasteiger partial charge < -0.3 is 5.32 Å². The number of benzene rings is 1. The maximum atomic E-state index is 12.5. The predicted octanol–water partition coefficient (Wildman–Crippen LogP) is 5.18. The number of halogens is 3. The van der Waals surface area contributed by atoms with Crippen molar-refractivity contribution in [3.63, 3.8) is 0 Å². The van der Waals surface area contributed by atoms with Crippen LogP contribution in [0.5, 0.6) is 0 Å². The van der Waals surface area contributed by atoms with E-state index in [-0.39, 0.29) is 6.04 Å². The van der Waals surface area contributed by atoms with Crippen LogP contribution in [-0.2, 0) is 6.18 Å². The van der Waals surface area contributed by atoms with Crippen LogP contribution in [0.15, 0.2) is 24.3 Å². The maximum absolute atomic E-state index is 12.5. The predicted molar refractivity (Wildman–Crippen MR) is 76.6 cm³/mol. The first kappa shape index (κ1) is 17.0. The SMILES string of the molecule is CCNC(CCCC(C)C)c1ccc(C(F)(F)F)cc1. The largest absolute Gasteiger partial charge is 0.416 e. The van der Waals surface area contributed by atoms with Gasteiger partial charge in [-0.25, -0.2) is 0 Å². The van der Waals surface area contributed by atoms with Gasteiger partial charge in [-0.2, -0.15) is 13.2 Å². The number of rotatable bonds is 7. The highest BCUT2D eigenvalue weighted by atomic mass is 19.4. The third-order valence-corrected chi connectivity index (χ3v) is 3.37. The molecule has 4 heteroatoms. The highest BCUT2D eigenvalue weighted by Gasteiger charge is 2.30. The highest BCUT2D eigenvalue weighted by Crippen LogP contribution is 2.30. The molecule has 1 aromatic rings. The first-order chi connectivity index (χ1) is 9.34. The van der Waals surface area contributed by atoms with E-state index < -0.39 is 11.7 Å². The van der Waals surface area contributed by atoms with Crippen LogP contribution >= 0.6 is 0 Å². The van der Waals surface area contributed by atoms with E-state index in [9.17, 15) is 13.2 Å². The van der Waals surface area contributed by atoms with Crippen LogP contribution in [0.25, 0.3) is 0 Å². The molecule has 0 spiro atoms. The molecule has 0 amide bonds. The van der Waals surface area contributed by atoms with Gasteiger partial charge in [0, 0.05) is 6.04 Å². The molecular weight excluding hydrogens is 263 g/mol. The van der Waals surface area contributed by atoms with E-state index in [0.717, 1.165) is 31.4 Å². The van der Waals surface area contributed by atoms with Crippen molar-refractivity contribution in [2.24, 2.45) is 5.92 Å². The summed E-state index contributed by atoms with van der Waals surface area (Å²) in [5.41, 5.74) is 0.349. The van der Waals surface area contributed by atoms with Crippen molar-refractivity contribution in [2.45, 2.75) is 52.3 Å². The summed E-state index contributed by atoms with van der Waals surface area (Å²) in [4.78, 5) is 0. The van der Waals surface area contributed by atoms with Gasteiger partial charge >= 0.3 is 6.18 Å². The molecule has 1 N–H and O–H groups in total. The Morgan fingerprint density at radius 2 is 1.65 bits per heavy atom. The van der Waals surface area contributed by atoms with Gasteiger partial charge in [-0.1, -0.05) is 45.7 Å². The molecule has 0 aliphatic rings. The third kappa shape index (κ3) is 5.53. The zero-order valence-electron chi connectivity index (χ0n) is 12.4. The molecule has 0 saturated carbocycles. The van der Waals surface area contributed by atoms with E-state index in [1.165, 1.54) is 12.1 Å². The molecule has 1 nitrogen and oxygen atoms in total. The lowest BCUT2D eigenvalue weighted by Crippen LogP contribution is -2.21. The van der Waals surface area contributed by atoms with E-state index >= 15 is 0 Å². The first-order valence-electron chi connectivity index (χ1n) is 7.25. The van der Waals surface area contributed by atoms with E-state index in [1.54, 1.807) is 12.1 Å². The molecule has 1 unspecified atom stereocenters. The quantitative estimate of drug-likeness (QED) is 0.728. The summed E-state index contributed by atoms with van der Waals surface area (Å²) >= 11 is 0. The van der Waals surface area contributed by atoms with Gasteiger partial charge in [-0.05, 0) is 36.6 Å². The van der Waals surface area contributed by atoms with E-state index in [4.69, 9.17) is 0 Å². The molecule has 20 heavy (non-hydrogen) atoms. The second kappa shape index (κ2) is 7.67. The average Bonchev–Trinajstić information content (AvgIpc) is 2.36. The molecule has 0 heterocycles. The Morgan fingerprint density at radius 1 is 1.05 bits per heavy atom. The number of nitrogens with one attached hydrogen (secondary N) is 1. The average molecular weight is 287 g/mol. The summed E-state index contributed by atoms with van der Waals surface area (Å²) in [6, 6.07) is 5.66. The van der Waals surface area contributed by atoms with Gasteiger partial charge in [0.2, 0.25) is 0 Å². The minimum atomic E-state index is -4.26. The fourth-order valence-corrected chi connectivity index (χ4v) is 2.27. The summed E-state index contributed by atoms with van der Waals surface area (Å²) in [7, 11) is 0. The summed E-state index contributed by atoms with van der Waals surface area (Å²) < 4.78 is 37.6. The summed E-state index contributed by atoms with van der Waals surface area (Å²) in [6.45, 7) is 7.19.